The van der Waals surface area contributed by atoms with E-state index in [2.05, 4.69) is 15.1 Å². The van der Waals surface area contributed by atoms with E-state index < -0.39 is 9.84 Å². The molecule has 0 aliphatic rings. The van der Waals surface area contributed by atoms with E-state index in [4.69, 9.17) is 5.73 Å². The Morgan fingerprint density at radius 2 is 2.05 bits per heavy atom. The van der Waals surface area contributed by atoms with Gasteiger partial charge in [0.05, 0.1) is 0 Å². The second-order valence-corrected chi connectivity index (χ2v) is 6.14. The molecule has 0 fully saturated rings. The zero-order valence-electron chi connectivity index (χ0n) is 10.8. The molecule has 0 atom stereocenters. The van der Waals surface area contributed by atoms with Crippen LogP contribution >= 0.6 is 0 Å². The van der Waals surface area contributed by atoms with Gasteiger partial charge in [-0.15, -0.1) is 5.10 Å². The number of anilines is 2. The van der Waals surface area contributed by atoms with Gasteiger partial charge in [0.15, 0.2) is 26.4 Å². The van der Waals surface area contributed by atoms with Crippen LogP contribution in [0.1, 0.15) is 0 Å². The Hall–Kier alpha value is -2.16. The molecule has 9 heteroatoms. The highest BCUT2D eigenvalue weighted by molar-refractivity contribution is 7.91. The number of nitrogens with zero attached hydrogens (tertiary/aromatic N) is 5. The Morgan fingerprint density at radius 1 is 1.37 bits per heavy atom. The monoisotopic (exact) mass is 282 g/mol. The van der Waals surface area contributed by atoms with Crippen molar-refractivity contribution in [3.05, 3.63) is 18.6 Å². The topological polar surface area (TPSA) is 107 Å². The Balaban J connectivity index is 2.74. The van der Waals surface area contributed by atoms with Crippen molar-refractivity contribution < 1.29 is 8.42 Å². The largest absolute Gasteiger partial charge is 0.382 e. The molecule has 0 spiro atoms. The number of hydrogen-bond donors (Lipinski definition) is 1. The van der Waals surface area contributed by atoms with Gasteiger partial charge in [0.2, 0.25) is 0 Å². The number of nitrogens with two attached hydrogens (primary N) is 1. The van der Waals surface area contributed by atoms with Crippen LogP contribution in [0.2, 0.25) is 0 Å². The van der Waals surface area contributed by atoms with Crippen LogP contribution in [0.15, 0.2) is 23.5 Å². The van der Waals surface area contributed by atoms with Crippen LogP contribution in [-0.4, -0.2) is 48.5 Å². The number of sulfone groups is 1. The molecule has 0 saturated heterocycles. The first-order chi connectivity index (χ1) is 8.82. The Bertz CT molecular complexity index is 692. The lowest BCUT2D eigenvalue weighted by Gasteiger charge is -2.09. The molecule has 0 amide bonds. The molecule has 0 bridgehead atoms. The highest BCUT2D eigenvalue weighted by atomic mass is 32.2. The lowest BCUT2D eigenvalue weighted by molar-refractivity contribution is 0.602. The molecule has 0 radical (unpaired) electrons. The van der Waals surface area contributed by atoms with Gasteiger partial charge in [-0.05, 0) is 0 Å². The van der Waals surface area contributed by atoms with E-state index in [1.165, 1.54) is 17.2 Å². The van der Waals surface area contributed by atoms with Crippen LogP contribution < -0.4 is 10.6 Å². The molecule has 2 aromatic rings. The third-order valence-electron chi connectivity index (χ3n) is 2.44. The highest BCUT2D eigenvalue weighted by Gasteiger charge is 2.26. The minimum atomic E-state index is -3.49. The van der Waals surface area contributed by atoms with Gasteiger partial charge in [-0.3, -0.25) is 0 Å². The summed E-state index contributed by atoms with van der Waals surface area (Å²) in [6.07, 6.45) is 3.96. The second kappa shape index (κ2) is 4.50. The highest BCUT2D eigenvalue weighted by Crippen LogP contribution is 2.30. The maximum atomic E-state index is 11.8. The summed E-state index contributed by atoms with van der Waals surface area (Å²) in [6.45, 7) is 0. The van der Waals surface area contributed by atoms with E-state index >= 15 is 0 Å². The number of aromatic nitrogens is 4. The van der Waals surface area contributed by atoms with E-state index in [0.29, 0.717) is 5.82 Å². The first-order valence-electron chi connectivity index (χ1n) is 5.34. The summed E-state index contributed by atoms with van der Waals surface area (Å²) in [4.78, 5) is 9.38. The number of nitrogen functional groups attached to an aromatic ring is 1. The quantitative estimate of drug-likeness (QED) is 0.824. The number of rotatable bonds is 3. The van der Waals surface area contributed by atoms with Crippen molar-refractivity contribution in [2.45, 2.75) is 4.90 Å². The summed E-state index contributed by atoms with van der Waals surface area (Å²) in [6, 6.07) is 1.59. The summed E-state index contributed by atoms with van der Waals surface area (Å²) >= 11 is 0. The minimum absolute atomic E-state index is 0.00360. The van der Waals surface area contributed by atoms with Crippen LogP contribution in [0.3, 0.4) is 0 Å². The summed E-state index contributed by atoms with van der Waals surface area (Å²) in [5.41, 5.74) is 5.89. The van der Waals surface area contributed by atoms with Gasteiger partial charge in [0.25, 0.3) is 0 Å². The predicted octanol–water partition coefficient (Wildman–Crippen LogP) is -0.286. The van der Waals surface area contributed by atoms with Crippen molar-refractivity contribution in [3.63, 3.8) is 0 Å². The molecule has 19 heavy (non-hydrogen) atoms. The van der Waals surface area contributed by atoms with E-state index in [1.807, 2.05) is 0 Å². The van der Waals surface area contributed by atoms with E-state index in [1.54, 1.807) is 25.1 Å². The first-order valence-corrected chi connectivity index (χ1v) is 7.23. The third-order valence-corrected chi connectivity index (χ3v) is 3.57. The summed E-state index contributed by atoms with van der Waals surface area (Å²) in [5, 5.41) is 4.19. The molecule has 102 valence electrons. The van der Waals surface area contributed by atoms with Crippen molar-refractivity contribution in [1.29, 1.82) is 0 Å². The maximum Gasteiger partial charge on any atom is 0.182 e. The predicted molar refractivity (Wildman–Crippen MR) is 71.0 cm³/mol. The average molecular weight is 282 g/mol. The summed E-state index contributed by atoms with van der Waals surface area (Å²) < 4.78 is 24.9. The minimum Gasteiger partial charge on any atom is -0.382 e. The average Bonchev–Trinajstić information content (AvgIpc) is 2.68. The molecule has 0 aliphatic carbocycles. The van der Waals surface area contributed by atoms with Crippen molar-refractivity contribution in [3.8, 4) is 5.82 Å². The van der Waals surface area contributed by atoms with Gasteiger partial charge in [0, 0.05) is 32.6 Å². The molecule has 8 nitrogen and oxygen atoms in total. The molecular formula is C10H14N6O2S. The Kier molecular flexibility index (Phi) is 3.14. The number of hydrogen-bond acceptors (Lipinski definition) is 7. The van der Waals surface area contributed by atoms with Crippen molar-refractivity contribution in [2.24, 2.45) is 0 Å². The molecule has 2 N–H and O–H groups in total. The molecule has 2 rings (SSSR count). The normalized spacial score (nSPS) is 11.5. The fourth-order valence-electron chi connectivity index (χ4n) is 1.64. The SMILES string of the molecule is CN(C)c1nn(-c2ccncn2)c(N)c1S(C)(=O)=O. The molecule has 0 aliphatic heterocycles. The standard InChI is InChI=1S/C10H14N6O2S/c1-15(2)10-8(19(3,17)18)9(11)16(14-10)7-4-5-12-6-13-7/h4-6H,11H2,1-3H3. The van der Waals surface area contributed by atoms with Gasteiger partial charge in [-0.2, -0.15) is 4.68 Å². The third kappa shape index (κ3) is 2.36. The lowest BCUT2D eigenvalue weighted by atomic mass is 10.5. The first kappa shape index (κ1) is 13.3. The molecule has 0 unspecified atom stereocenters. The van der Waals surface area contributed by atoms with Crippen LogP contribution in [-0.2, 0) is 9.84 Å². The molecular weight excluding hydrogens is 268 g/mol. The Morgan fingerprint density at radius 3 is 2.47 bits per heavy atom. The smallest absolute Gasteiger partial charge is 0.182 e. The summed E-state index contributed by atoms with van der Waals surface area (Å²) in [5.74, 6) is 0.717. The summed E-state index contributed by atoms with van der Waals surface area (Å²) in [7, 11) is -0.0993. The van der Waals surface area contributed by atoms with E-state index in [9.17, 15) is 8.42 Å². The molecule has 0 aromatic carbocycles. The van der Waals surface area contributed by atoms with E-state index in [-0.39, 0.29) is 16.5 Å². The van der Waals surface area contributed by atoms with Gasteiger partial charge in [-0.1, -0.05) is 0 Å². The van der Waals surface area contributed by atoms with Gasteiger partial charge in [0.1, 0.15) is 12.1 Å². The van der Waals surface area contributed by atoms with Crippen molar-refractivity contribution in [2.75, 3.05) is 31.0 Å². The van der Waals surface area contributed by atoms with Gasteiger partial charge in [-0.25, -0.2) is 18.4 Å². The zero-order valence-corrected chi connectivity index (χ0v) is 11.6. The zero-order chi connectivity index (χ0) is 14.2. The van der Waals surface area contributed by atoms with Crippen LogP contribution in [0.25, 0.3) is 5.82 Å². The molecule has 0 saturated carbocycles. The second-order valence-electron chi connectivity index (χ2n) is 4.18. The lowest BCUT2D eigenvalue weighted by Crippen LogP contribution is -2.13. The van der Waals surface area contributed by atoms with Crippen LogP contribution in [0, 0.1) is 0 Å². The van der Waals surface area contributed by atoms with E-state index in [0.717, 1.165) is 6.26 Å². The molecule has 2 aromatic heterocycles. The maximum absolute atomic E-state index is 11.8. The van der Waals surface area contributed by atoms with Crippen molar-refractivity contribution in [1.82, 2.24) is 19.7 Å². The Labute approximate surface area is 110 Å². The van der Waals surface area contributed by atoms with Crippen LogP contribution in [0.4, 0.5) is 11.6 Å². The van der Waals surface area contributed by atoms with Crippen LogP contribution in [0.5, 0.6) is 0 Å². The van der Waals surface area contributed by atoms with Gasteiger partial charge < -0.3 is 10.6 Å². The van der Waals surface area contributed by atoms with Crippen molar-refractivity contribution >= 4 is 21.5 Å². The van der Waals surface area contributed by atoms with Gasteiger partial charge >= 0.3 is 0 Å². The fraction of sp³-hybridized carbons (Fsp3) is 0.300. The molecule has 2 heterocycles. The fourth-order valence-corrected chi connectivity index (χ4v) is 2.66.